The van der Waals surface area contributed by atoms with Gasteiger partial charge in [-0.1, -0.05) is 18.2 Å². The Hall–Kier alpha value is -1.36. The number of H-pyrrole nitrogens is 1. The van der Waals surface area contributed by atoms with Crippen LogP contribution in [0.4, 0.5) is 0 Å². The highest BCUT2D eigenvalue weighted by atomic mass is 16.3. The van der Waals surface area contributed by atoms with Crippen molar-refractivity contribution < 1.29 is 5.11 Å². The molecular weight excluding hydrogens is 238 g/mol. The number of nitrogens with two attached hydrogens (primary N) is 1. The molecule has 1 aromatic carbocycles. The van der Waals surface area contributed by atoms with Crippen molar-refractivity contribution in [3.05, 3.63) is 36.0 Å². The Kier molecular flexibility index (Phi) is 4.96. The van der Waals surface area contributed by atoms with Crippen LogP contribution in [0.2, 0.25) is 0 Å². The monoisotopic (exact) mass is 261 g/mol. The maximum Gasteiger partial charge on any atom is 0.0679 e. The lowest BCUT2D eigenvalue weighted by Gasteiger charge is -2.19. The van der Waals surface area contributed by atoms with Gasteiger partial charge in [-0.2, -0.15) is 0 Å². The molecule has 0 amide bonds. The second kappa shape index (κ2) is 6.70. The summed E-state index contributed by atoms with van der Waals surface area (Å²) in [4.78, 5) is 5.44. The van der Waals surface area contributed by atoms with Crippen LogP contribution in [0.1, 0.15) is 12.0 Å². The Morgan fingerprint density at radius 1 is 1.37 bits per heavy atom. The van der Waals surface area contributed by atoms with E-state index in [4.69, 9.17) is 5.73 Å². The van der Waals surface area contributed by atoms with Crippen molar-refractivity contribution in [1.29, 1.82) is 0 Å². The SMILES string of the molecule is CN(CCc1c[nH]c2ccccc12)CC(O)CCN. The number of para-hydroxylation sites is 1. The van der Waals surface area contributed by atoms with Gasteiger partial charge in [-0.05, 0) is 38.1 Å². The van der Waals surface area contributed by atoms with Crippen LogP contribution in [0.5, 0.6) is 0 Å². The number of aliphatic hydroxyl groups is 1. The van der Waals surface area contributed by atoms with Gasteiger partial charge >= 0.3 is 0 Å². The van der Waals surface area contributed by atoms with E-state index >= 15 is 0 Å². The lowest BCUT2D eigenvalue weighted by Crippen LogP contribution is -2.32. The van der Waals surface area contributed by atoms with E-state index in [-0.39, 0.29) is 6.10 Å². The summed E-state index contributed by atoms with van der Waals surface area (Å²) in [6.07, 6.45) is 3.40. The normalized spacial score (nSPS) is 13.3. The number of aromatic nitrogens is 1. The minimum Gasteiger partial charge on any atom is -0.392 e. The van der Waals surface area contributed by atoms with Crippen molar-refractivity contribution in [1.82, 2.24) is 9.88 Å². The summed E-state index contributed by atoms with van der Waals surface area (Å²) < 4.78 is 0. The molecule has 19 heavy (non-hydrogen) atoms. The third-order valence-corrected chi connectivity index (χ3v) is 3.46. The molecule has 1 atom stereocenters. The van der Waals surface area contributed by atoms with Gasteiger partial charge in [0.05, 0.1) is 6.10 Å². The molecule has 1 unspecified atom stereocenters. The molecule has 0 bridgehead atoms. The number of hydrogen-bond donors (Lipinski definition) is 3. The predicted molar refractivity (Wildman–Crippen MR) is 79.2 cm³/mol. The highest BCUT2D eigenvalue weighted by molar-refractivity contribution is 5.83. The van der Waals surface area contributed by atoms with Gasteiger partial charge in [0.25, 0.3) is 0 Å². The number of aromatic amines is 1. The number of hydrogen-bond acceptors (Lipinski definition) is 3. The molecule has 0 aliphatic rings. The molecule has 4 heteroatoms. The fourth-order valence-electron chi connectivity index (χ4n) is 2.38. The number of fused-ring (bicyclic) bond motifs is 1. The highest BCUT2D eigenvalue weighted by Crippen LogP contribution is 2.18. The molecule has 0 aliphatic heterocycles. The molecule has 4 nitrogen and oxygen atoms in total. The Morgan fingerprint density at radius 3 is 2.95 bits per heavy atom. The lowest BCUT2D eigenvalue weighted by atomic mass is 10.1. The van der Waals surface area contributed by atoms with E-state index in [1.54, 1.807) is 0 Å². The van der Waals surface area contributed by atoms with Gasteiger partial charge in [0.15, 0.2) is 0 Å². The molecule has 2 rings (SSSR count). The number of nitrogens with one attached hydrogen (secondary N) is 1. The first-order chi connectivity index (χ1) is 9.20. The molecule has 4 N–H and O–H groups in total. The summed E-state index contributed by atoms with van der Waals surface area (Å²) in [6, 6.07) is 8.34. The van der Waals surface area contributed by atoms with E-state index < -0.39 is 0 Å². The first-order valence-corrected chi connectivity index (χ1v) is 6.82. The molecule has 1 aromatic heterocycles. The molecule has 0 saturated carbocycles. The van der Waals surface area contributed by atoms with Crippen LogP contribution < -0.4 is 5.73 Å². The van der Waals surface area contributed by atoms with Crippen LogP contribution in [0.25, 0.3) is 10.9 Å². The molecule has 0 fully saturated rings. The second-order valence-corrected chi connectivity index (χ2v) is 5.10. The standard InChI is InChI=1S/C15H23N3O/c1-18(11-13(19)6-8-16)9-7-12-10-17-15-5-3-2-4-14(12)15/h2-5,10,13,17,19H,6-9,11,16H2,1H3. The largest absolute Gasteiger partial charge is 0.392 e. The third kappa shape index (κ3) is 3.80. The molecular formula is C15H23N3O. The third-order valence-electron chi connectivity index (χ3n) is 3.46. The molecule has 0 spiro atoms. The summed E-state index contributed by atoms with van der Waals surface area (Å²) in [5.41, 5.74) is 7.95. The highest BCUT2D eigenvalue weighted by Gasteiger charge is 2.08. The number of aliphatic hydroxyl groups excluding tert-OH is 1. The van der Waals surface area contributed by atoms with Gasteiger partial charge in [-0.25, -0.2) is 0 Å². The number of nitrogens with zero attached hydrogens (tertiary/aromatic N) is 1. The lowest BCUT2D eigenvalue weighted by molar-refractivity contribution is 0.120. The van der Waals surface area contributed by atoms with Crippen LogP contribution in [0.3, 0.4) is 0 Å². The van der Waals surface area contributed by atoms with Crippen LogP contribution in [0, 0.1) is 0 Å². The van der Waals surface area contributed by atoms with Crippen molar-refractivity contribution in [2.24, 2.45) is 5.73 Å². The van der Waals surface area contributed by atoms with Crippen LogP contribution >= 0.6 is 0 Å². The van der Waals surface area contributed by atoms with Crippen molar-refractivity contribution >= 4 is 10.9 Å². The van der Waals surface area contributed by atoms with Gasteiger partial charge in [0, 0.05) is 30.2 Å². The zero-order valence-corrected chi connectivity index (χ0v) is 11.5. The van der Waals surface area contributed by atoms with E-state index in [1.165, 1.54) is 16.5 Å². The molecule has 0 radical (unpaired) electrons. The van der Waals surface area contributed by atoms with Gasteiger partial charge in [-0.3, -0.25) is 0 Å². The molecule has 104 valence electrons. The fourth-order valence-corrected chi connectivity index (χ4v) is 2.38. The first-order valence-electron chi connectivity index (χ1n) is 6.82. The summed E-state index contributed by atoms with van der Waals surface area (Å²) >= 11 is 0. The molecule has 2 aromatic rings. The average Bonchev–Trinajstić information content (AvgIpc) is 2.80. The van der Waals surface area contributed by atoms with E-state index in [0.717, 1.165) is 13.0 Å². The minimum absolute atomic E-state index is 0.321. The quantitative estimate of drug-likeness (QED) is 0.705. The van der Waals surface area contributed by atoms with Crippen LogP contribution in [-0.2, 0) is 6.42 Å². The second-order valence-electron chi connectivity index (χ2n) is 5.10. The summed E-state index contributed by atoms with van der Waals surface area (Å²) in [5.74, 6) is 0. The Balaban J connectivity index is 1.88. The predicted octanol–water partition coefficient (Wildman–Crippen LogP) is 1.35. The molecule has 0 saturated heterocycles. The first kappa shape index (κ1) is 14.1. The maximum absolute atomic E-state index is 9.72. The van der Waals surface area contributed by atoms with Crippen molar-refractivity contribution in [3.8, 4) is 0 Å². The van der Waals surface area contributed by atoms with E-state index in [9.17, 15) is 5.11 Å². The van der Waals surface area contributed by atoms with Gasteiger partial charge in [-0.15, -0.1) is 0 Å². The average molecular weight is 261 g/mol. The minimum atomic E-state index is -0.321. The van der Waals surface area contributed by atoms with E-state index in [2.05, 4.69) is 34.3 Å². The van der Waals surface area contributed by atoms with E-state index in [0.29, 0.717) is 19.5 Å². The Labute approximate surface area is 114 Å². The zero-order chi connectivity index (χ0) is 13.7. The Bertz CT molecular complexity index is 509. The smallest absolute Gasteiger partial charge is 0.0679 e. The van der Waals surface area contributed by atoms with E-state index in [1.807, 2.05) is 13.1 Å². The zero-order valence-electron chi connectivity index (χ0n) is 11.5. The van der Waals surface area contributed by atoms with Gasteiger partial charge in [0.1, 0.15) is 0 Å². The number of rotatable bonds is 7. The van der Waals surface area contributed by atoms with Crippen molar-refractivity contribution in [2.45, 2.75) is 18.9 Å². The van der Waals surface area contributed by atoms with Gasteiger partial charge in [0.2, 0.25) is 0 Å². The summed E-state index contributed by atoms with van der Waals surface area (Å²) in [5, 5.41) is 11.0. The molecule has 1 heterocycles. The topological polar surface area (TPSA) is 65.3 Å². The number of likely N-dealkylation sites (N-methyl/N-ethyl adjacent to an activating group) is 1. The van der Waals surface area contributed by atoms with Crippen LogP contribution in [-0.4, -0.2) is 47.8 Å². The van der Waals surface area contributed by atoms with Crippen molar-refractivity contribution in [2.75, 3.05) is 26.7 Å². The summed E-state index contributed by atoms with van der Waals surface area (Å²) in [7, 11) is 2.04. The van der Waals surface area contributed by atoms with Gasteiger partial charge < -0.3 is 20.7 Å². The Morgan fingerprint density at radius 2 is 2.16 bits per heavy atom. The van der Waals surface area contributed by atoms with Crippen LogP contribution in [0.15, 0.2) is 30.5 Å². The van der Waals surface area contributed by atoms with Crippen molar-refractivity contribution in [3.63, 3.8) is 0 Å². The maximum atomic E-state index is 9.72. The summed E-state index contributed by atoms with van der Waals surface area (Å²) in [6.45, 7) is 2.15. The molecule has 0 aliphatic carbocycles. The fraction of sp³-hybridized carbons (Fsp3) is 0.467. The number of benzene rings is 1.